The third-order valence-corrected chi connectivity index (χ3v) is 3.56. The molecular weight excluding hydrogens is 326 g/mol. The topological polar surface area (TPSA) is 110 Å². The summed E-state index contributed by atoms with van der Waals surface area (Å²) in [5, 5.41) is 2.71. The largest absolute Gasteiger partial charge is 0.456 e. The average Bonchev–Trinajstić information content (AvgIpc) is 2.55. The first-order chi connectivity index (χ1) is 11.9. The minimum Gasteiger partial charge on any atom is -0.456 e. The van der Waals surface area contributed by atoms with Crippen LogP contribution in [0.1, 0.15) is 17.5 Å². The van der Waals surface area contributed by atoms with E-state index in [2.05, 4.69) is 10.3 Å². The summed E-state index contributed by atoms with van der Waals surface area (Å²) in [7, 11) is 0. The highest BCUT2D eigenvalue weighted by Gasteiger charge is 2.11. The molecule has 0 atom stereocenters. The van der Waals surface area contributed by atoms with E-state index >= 15 is 0 Å². The van der Waals surface area contributed by atoms with Crippen molar-refractivity contribution < 1.29 is 14.3 Å². The summed E-state index contributed by atoms with van der Waals surface area (Å²) in [6, 6.07) is 6.82. The lowest BCUT2D eigenvalue weighted by Crippen LogP contribution is -2.29. The van der Waals surface area contributed by atoms with Gasteiger partial charge in [0.2, 0.25) is 0 Å². The second-order valence-electron chi connectivity index (χ2n) is 5.53. The van der Waals surface area contributed by atoms with E-state index in [-0.39, 0.29) is 13.0 Å². The van der Waals surface area contributed by atoms with E-state index < -0.39 is 29.7 Å². The van der Waals surface area contributed by atoms with E-state index in [1.165, 1.54) is 16.8 Å². The molecule has 2 rings (SSSR count). The maximum absolute atomic E-state index is 11.9. The van der Waals surface area contributed by atoms with E-state index in [4.69, 9.17) is 4.74 Å². The predicted octanol–water partition coefficient (Wildman–Crippen LogP) is 0.725. The van der Waals surface area contributed by atoms with Crippen LogP contribution in [-0.4, -0.2) is 28.0 Å². The fraction of sp³-hybridized carbons (Fsp3) is 0.294. The Hall–Kier alpha value is -3.16. The number of hydrogen-bond acceptors (Lipinski definition) is 5. The summed E-state index contributed by atoms with van der Waals surface area (Å²) in [4.78, 5) is 48.1. The number of hydrogen-bond donors (Lipinski definition) is 2. The Balaban J connectivity index is 1.82. The number of aromatic amines is 1. The van der Waals surface area contributed by atoms with Gasteiger partial charge in [-0.1, -0.05) is 18.2 Å². The van der Waals surface area contributed by atoms with Crippen molar-refractivity contribution in [3.05, 3.63) is 62.4 Å². The number of para-hydroxylation sites is 1. The number of aryl methyl sites for hydroxylation is 3. The van der Waals surface area contributed by atoms with Crippen molar-refractivity contribution in [3.8, 4) is 0 Å². The fourth-order valence-electron chi connectivity index (χ4n) is 2.24. The summed E-state index contributed by atoms with van der Waals surface area (Å²) >= 11 is 0. The third-order valence-electron chi connectivity index (χ3n) is 3.56. The maximum Gasteiger partial charge on any atom is 0.328 e. The highest BCUT2D eigenvalue weighted by atomic mass is 16.5. The Morgan fingerprint density at radius 1 is 1.16 bits per heavy atom. The van der Waals surface area contributed by atoms with Gasteiger partial charge in [0, 0.05) is 24.5 Å². The molecule has 1 aromatic heterocycles. The van der Waals surface area contributed by atoms with Gasteiger partial charge >= 0.3 is 11.7 Å². The van der Waals surface area contributed by atoms with E-state index in [0.29, 0.717) is 5.69 Å². The number of carbonyl (C=O) groups is 2. The van der Waals surface area contributed by atoms with Gasteiger partial charge in [-0.05, 0) is 25.0 Å². The van der Waals surface area contributed by atoms with E-state index in [9.17, 15) is 19.2 Å². The summed E-state index contributed by atoms with van der Waals surface area (Å²) in [6.45, 7) is 3.38. The number of H-pyrrole nitrogens is 1. The second-order valence-corrected chi connectivity index (χ2v) is 5.53. The van der Waals surface area contributed by atoms with Crippen LogP contribution >= 0.6 is 0 Å². The second kappa shape index (κ2) is 8.09. The minimum absolute atomic E-state index is 0.0486. The van der Waals surface area contributed by atoms with Crippen LogP contribution in [0.2, 0.25) is 0 Å². The molecule has 2 N–H and O–H groups in total. The fourth-order valence-corrected chi connectivity index (χ4v) is 2.24. The van der Waals surface area contributed by atoms with Crippen LogP contribution in [0.3, 0.4) is 0 Å². The standard InChI is InChI=1S/C17H19N3O5/c1-11-4-3-5-12(2)16(11)18-14(22)10-25-15(23)7-9-20-8-6-13(21)19-17(20)24/h3-6,8H,7,9-10H2,1-2H3,(H,18,22)(H,19,21,24). The molecule has 8 nitrogen and oxygen atoms in total. The lowest BCUT2D eigenvalue weighted by atomic mass is 10.1. The molecule has 25 heavy (non-hydrogen) atoms. The number of esters is 1. The van der Waals surface area contributed by atoms with Gasteiger partial charge < -0.3 is 14.6 Å². The monoisotopic (exact) mass is 345 g/mol. The van der Waals surface area contributed by atoms with Crippen molar-refractivity contribution in [1.82, 2.24) is 9.55 Å². The number of amides is 1. The first-order valence-corrected chi connectivity index (χ1v) is 7.68. The lowest BCUT2D eigenvalue weighted by Gasteiger charge is -2.11. The van der Waals surface area contributed by atoms with Crippen LogP contribution in [0.15, 0.2) is 40.1 Å². The minimum atomic E-state index is -0.616. The van der Waals surface area contributed by atoms with Gasteiger partial charge in [-0.2, -0.15) is 0 Å². The summed E-state index contributed by atoms with van der Waals surface area (Å²) in [5.41, 5.74) is 1.41. The number of nitrogens with zero attached hydrogens (tertiary/aromatic N) is 1. The normalized spacial score (nSPS) is 10.3. The number of aromatic nitrogens is 2. The highest BCUT2D eigenvalue weighted by molar-refractivity contribution is 5.94. The number of anilines is 1. The first kappa shape index (κ1) is 18.2. The van der Waals surface area contributed by atoms with Gasteiger partial charge in [0.25, 0.3) is 11.5 Å². The van der Waals surface area contributed by atoms with Gasteiger partial charge in [-0.25, -0.2) is 4.79 Å². The van der Waals surface area contributed by atoms with Gasteiger partial charge in [0.15, 0.2) is 6.61 Å². The molecule has 0 fully saturated rings. The van der Waals surface area contributed by atoms with Gasteiger partial charge in [-0.15, -0.1) is 0 Å². The molecule has 0 aliphatic rings. The van der Waals surface area contributed by atoms with Crippen LogP contribution in [0.5, 0.6) is 0 Å². The molecule has 1 heterocycles. The van der Waals surface area contributed by atoms with Crippen LogP contribution in [0, 0.1) is 13.8 Å². The van der Waals surface area contributed by atoms with E-state index in [0.717, 1.165) is 11.1 Å². The summed E-state index contributed by atoms with van der Waals surface area (Å²) in [5.74, 6) is -1.05. The molecule has 132 valence electrons. The molecule has 0 saturated carbocycles. The number of rotatable bonds is 6. The molecule has 0 aliphatic carbocycles. The molecular formula is C17H19N3O5. The SMILES string of the molecule is Cc1cccc(C)c1NC(=O)COC(=O)CCn1ccc(=O)[nH]c1=O. The summed E-state index contributed by atoms with van der Waals surface area (Å²) < 4.78 is 6.08. The smallest absolute Gasteiger partial charge is 0.328 e. The summed E-state index contributed by atoms with van der Waals surface area (Å²) in [6.07, 6.45) is 1.20. The highest BCUT2D eigenvalue weighted by Crippen LogP contribution is 2.19. The number of ether oxygens (including phenoxy) is 1. The van der Waals surface area contributed by atoms with Gasteiger partial charge in [-0.3, -0.25) is 19.4 Å². The lowest BCUT2D eigenvalue weighted by molar-refractivity contribution is -0.147. The molecule has 8 heteroatoms. The van der Waals surface area contributed by atoms with Crippen molar-refractivity contribution in [2.24, 2.45) is 0 Å². The zero-order valence-electron chi connectivity index (χ0n) is 14.0. The zero-order valence-corrected chi connectivity index (χ0v) is 14.0. The average molecular weight is 345 g/mol. The van der Waals surface area contributed by atoms with Gasteiger partial charge in [0.05, 0.1) is 6.42 Å². The third kappa shape index (κ3) is 5.17. The van der Waals surface area contributed by atoms with Crippen LogP contribution in [-0.2, 0) is 20.9 Å². The molecule has 0 bridgehead atoms. The van der Waals surface area contributed by atoms with Crippen molar-refractivity contribution in [2.45, 2.75) is 26.8 Å². The number of benzene rings is 1. The van der Waals surface area contributed by atoms with E-state index in [1.54, 1.807) is 0 Å². The number of nitrogens with one attached hydrogen (secondary N) is 2. The molecule has 2 aromatic rings. The predicted molar refractivity (Wildman–Crippen MR) is 91.4 cm³/mol. The van der Waals surface area contributed by atoms with Crippen molar-refractivity contribution in [1.29, 1.82) is 0 Å². The Morgan fingerprint density at radius 2 is 1.84 bits per heavy atom. The van der Waals surface area contributed by atoms with Crippen LogP contribution in [0.25, 0.3) is 0 Å². The maximum atomic E-state index is 11.9. The van der Waals surface area contributed by atoms with Crippen molar-refractivity contribution in [2.75, 3.05) is 11.9 Å². The van der Waals surface area contributed by atoms with Crippen molar-refractivity contribution in [3.63, 3.8) is 0 Å². The van der Waals surface area contributed by atoms with Crippen LogP contribution in [0.4, 0.5) is 5.69 Å². The molecule has 1 amide bonds. The molecule has 0 radical (unpaired) electrons. The van der Waals surface area contributed by atoms with Crippen LogP contribution < -0.4 is 16.6 Å². The molecule has 0 unspecified atom stereocenters. The van der Waals surface area contributed by atoms with Gasteiger partial charge in [0.1, 0.15) is 0 Å². The zero-order chi connectivity index (χ0) is 18.4. The molecule has 1 aromatic carbocycles. The van der Waals surface area contributed by atoms with Crippen molar-refractivity contribution >= 4 is 17.6 Å². The Morgan fingerprint density at radius 3 is 2.48 bits per heavy atom. The van der Waals surface area contributed by atoms with E-state index in [1.807, 2.05) is 32.0 Å². The molecule has 0 aliphatic heterocycles. The Kier molecular flexibility index (Phi) is 5.89. The molecule has 0 saturated heterocycles. The number of carbonyl (C=O) groups excluding carboxylic acids is 2. The quantitative estimate of drug-likeness (QED) is 0.750. The Labute approximate surface area is 143 Å². The Bertz CT molecular complexity index is 877. The molecule has 0 spiro atoms. The first-order valence-electron chi connectivity index (χ1n) is 7.68.